The first-order chi connectivity index (χ1) is 9.90. The van der Waals surface area contributed by atoms with Gasteiger partial charge in [-0.2, -0.15) is 13.2 Å². The second-order valence-corrected chi connectivity index (χ2v) is 4.33. The van der Waals surface area contributed by atoms with Gasteiger partial charge in [-0.05, 0) is 47.6 Å². The van der Waals surface area contributed by atoms with Gasteiger partial charge in [-0.1, -0.05) is 0 Å². The number of phenolic OH excluding ortho intramolecular Hbond substituents is 1. The Balaban J connectivity index is 2.08. The molecule has 0 spiro atoms. The van der Waals surface area contributed by atoms with E-state index in [0.29, 0.717) is 11.3 Å². The third kappa shape index (κ3) is 3.71. The lowest BCUT2D eigenvalue weighted by molar-refractivity contribution is -0.137. The number of hydrogen-bond donors (Lipinski definition) is 2. The van der Waals surface area contributed by atoms with Crippen LogP contribution in [0.2, 0.25) is 0 Å². The predicted octanol–water partition coefficient (Wildman–Crippen LogP) is 4.42. The van der Waals surface area contributed by atoms with Crippen LogP contribution >= 0.6 is 0 Å². The quantitative estimate of drug-likeness (QED) is 0.821. The molecule has 0 unspecified atom stereocenters. The molecule has 0 fully saturated rings. The number of halogens is 3. The largest absolute Gasteiger partial charge is 0.508 e. The fraction of sp³-hybridized carbons (Fsp3) is 0.143. The zero-order chi connectivity index (χ0) is 15.5. The van der Waals surface area contributed by atoms with Gasteiger partial charge < -0.3 is 10.4 Å². The van der Waals surface area contributed by atoms with Crippen LogP contribution in [0.5, 0.6) is 5.75 Å². The molecule has 0 radical (unpaired) electrons. The maximum absolute atomic E-state index is 12.4. The Bertz CT molecular complexity index is 640. The summed E-state index contributed by atoms with van der Waals surface area (Å²) in [6, 6.07) is 8.62. The van der Waals surface area contributed by atoms with E-state index in [-0.39, 0.29) is 18.0 Å². The molecule has 0 aliphatic rings. The Kier molecular flexibility index (Phi) is 4.11. The van der Waals surface area contributed by atoms with Crippen molar-refractivity contribution in [2.75, 3.05) is 5.32 Å². The summed E-state index contributed by atoms with van der Waals surface area (Å²) in [7, 11) is 0. The highest BCUT2D eigenvalue weighted by molar-refractivity contribution is 5.50. The minimum atomic E-state index is -4.37. The topological polar surface area (TPSA) is 61.7 Å². The predicted molar refractivity (Wildman–Crippen MR) is 72.3 cm³/mol. The van der Waals surface area contributed by atoms with Crippen molar-refractivity contribution in [2.45, 2.75) is 12.7 Å². The Morgan fingerprint density at radius 1 is 1.10 bits per heavy atom. The fourth-order valence-corrected chi connectivity index (χ4v) is 1.74. The summed E-state index contributed by atoms with van der Waals surface area (Å²) in [5.74, 6) is -0.0261. The smallest absolute Gasteiger partial charge is 0.416 e. The van der Waals surface area contributed by atoms with E-state index in [4.69, 9.17) is 0 Å². The Hall–Kier alpha value is -2.57. The molecule has 21 heavy (non-hydrogen) atoms. The lowest BCUT2D eigenvalue weighted by atomic mass is 10.1. The first-order valence-corrected chi connectivity index (χ1v) is 5.96. The summed E-state index contributed by atoms with van der Waals surface area (Å²) in [5.41, 5.74) is 0.318. The number of alkyl halides is 3. The first kappa shape index (κ1) is 14.8. The summed E-state index contributed by atoms with van der Waals surface area (Å²) in [4.78, 5) is 10.4. The van der Waals surface area contributed by atoms with Crippen molar-refractivity contribution in [3.05, 3.63) is 58.5 Å². The number of aromatic hydroxyl groups is 1. The number of nitrogens with zero attached hydrogens (tertiary/aromatic N) is 1. The van der Waals surface area contributed by atoms with E-state index in [2.05, 4.69) is 10.5 Å². The van der Waals surface area contributed by atoms with E-state index in [1.54, 1.807) is 0 Å². The standard InChI is InChI=1S/C14H11F3N2O2/c15-14(16,17)10-1-3-11(4-2-10)18-8-9-7-12(19-21)5-6-13(9)20/h1-7,18,20H,8H2. The maximum atomic E-state index is 12.4. The zero-order valence-corrected chi connectivity index (χ0v) is 10.7. The van der Waals surface area contributed by atoms with Gasteiger partial charge in [0.1, 0.15) is 11.4 Å². The number of rotatable bonds is 4. The zero-order valence-electron chi connectivity index (χ0n) is 10.7. The minimum Gasteiger partial charge on any atom is -0.508 e. The molecule has 0 aliphatic heterocycles. The summed E-state index contributed by atoms with van der Waals surface area (Å²) in [6.45, 7) is 0.153. The molecule has 110 valence electrons. The maximum Gasteiger partial charge on any atom is 0.416 e. The summed E-state index contributed by atoms with van der Waals surface area (Å²) in [6.07, 6.45) is -4.37. The normalized spacial score (nSPS) is 11.2. The second-order valence-electron chi connectivity index (χ2n) is 4.33. The molecule has 0 atom stereocenters. The number of phenols is 1. The minimum absolute atomic E-state index is 0.0261. The van der Waals surface area contributed by atoms with E-state index in [0.717, 1.165) is 12.1 Å². The molecule has 2 aromatic carbocycles. The molecule has 2 aromatic rings. The van der Waals surface area contributed by atoms with Crippen LogP contribution in [0.15, 0.2) is 47.6 Å². The van der Waals surface area contributed by atoms with Gasteiger partial charge in [0.05, 0.1) is 5.56 Å². The molecule has 0 bridgehead atoms. The van der Waals surface area contributed by atoms with Gasteiger partial charge in [-0.15, -0.1) is 4.91 Å². The highest BCUT2D eigenvalue weighted by atomic mass is 19.4. The van der Waals surface area contributed by atoms with Gasteiger partial charge in [0.25, 0.3) is 0 Å². The van der Waals surface area contributed by atoms with Crippen LogP contribution in [-0.2, 0) is 12.7 Å². The van der Waals surface area contributed by atoms with Crippen LogP contribution < -0.4 is 5.32 Å². The van der Waals surface area contributed by atoms with E-state index < -0.39 is 11.7 Å². The van der Waals surface area contributed by atoms with Crippen molar-refractivity contribution in [1.82, 2.24) is 0 Å². The van der Waals surface area contributed by atoms with Gasteiger partial charge in [0, 0.05) is 17.8 Å². The van der Waals surface area contributed by atoms with Crippen LogP contribution in [0.4, 0.5) is 24.5 Å². The van der Waals surface area contributed by atoms with Gasteiger partial charge in [0.2, 0.25) is 0 Å². The van der Waals surface area contributed by atoms with E-state index in [1.807, 2.05) is 0 Å². The second kappa shape index (κ2) is 5.82. The summed E-state index contributed by atoms with van der Waals surface area (Å²) >= 11 is 0. The lowest BCUT2D eigenvalue weighted by Gasteiger charge is -2.10. The van der Waals surface area contributed by atoms with Crippen molar-refractivity contribution in [2.24, 2.45) is 5.18 Å². The fourth-order valence-electron chi connectivity index (χ4n) is 1.74. The van der Waals surface area contributed by atoms with Gasteiger partial charge in [-0.3, -0.25) is 0 Å². The number of benzene rings is 2. The molecular weight excluding hydrogens is 285 g/mol. The van der Waals surface area contributed by atoms with E-state index in [9.17, 15) is 23.2 Å². The average molecular weight is 296 g/mol. The molecule has 0 saturated heterocycles. The van der Waals surface area contributed by atoms with Crippen LogP contribution in [0.3, 0.4) is 0 Å². The molecule has 2 N–H and O–H groups in total. The van der Waals surface area contributed by atoms with Crippen LogP contribution in [0, 0.1) is 4.91 Å². The highest BCUT2D eigenvalue weighted by Crippen LogP contribution is 2.30. The first-order valence-electron chi connectivity index (χ1n) is 5.96. The Labute approximate surface area is 118 Å². The van der Waals surface area contributed by atoms with Crippen molar-refractivity contribution in [3.8, 4) is 5.75 Å². The highest BCUT2D eigenvalue weighted by Gasteiger charge is 2.29. The van der Waals surface area contributed by atoms with Crippen molar-refractivity contribution in [3.63, 3.8) is 0 Å². The monoisotopic (exact) mass is 296 g/mol. The van der Waals surface area contributed by atoms with Crippen molar-refractivity contribution < 1.29 is 18.3 Å². The number of nitrogens with one attached hydrogen (secondary N) is 1. The number of anilines is 1. The molecule has 0 aromatic heterocycles. The van der Waals surface area contributed by atoms with Gasteiger partial charge >= 0.3 is 6.18 Å². The van der Waals surface area contributed by atoms with Gasteiger partial charge in [0.15, 0.2) is 0 Å². The van der Waals surface area contributed by atoms with E-state index >= 15 is 0 Å². The molecule has 2 rings (SSSR count). The van der Waals surface area contributed by atoms with E-state index in [1.165, 1.54) is 30.3 Å². The molecule has 0 amide bonds. The molecule has 7 heteroatoms. The van der Waals surface area contributed by atoms with Crippen LogP contribution in [-0.4, -0.2) is 5.11 Å². The SMILES string of the molecule is O=Nc1ccc(O)c(CNc2ccc(C(F)(F)F)cc2)c1. The van der Waals surface area contributed by atoms with Crippen molar-refractivity contribution >= 4 is 11.4 Å². The lowest BCUT2D eigenvalue weighted by Crippen LogP contribution is -2.05. The number of hydrogen-bond acceptors (Lipinski definition) is 4. The van der Waals surface area contributed by atoms with Crippen molar-refractivity contribution in [1.29, 1.82) is 0 Å². The molecular formula is C14H11F3N2O2. The van der Waals surface area contributed by atoms with Crippen LogP contribution in [0.25, 0.3) is 0 Å². The molecule has 0 heterocycles. The Morgan fingerprint density at radius 2 is 1.76 bits per heavy atom. The molecule has 0 saturated carbocycles. The summed E-state index contributed by atoms with van der Waals surface area (Å²) in [5, 5.41) is 15.2. The Morgan fingerprint density at radius 3 is 2.33 bits per heavy atom. The molecule has 4 nitrogen and oxygen atoms in total. The van der Waals surface area contributed by atoms with Gasteiger partial charge in [-0.25, -0.2) is 0 Å². The molecule has 0 aliphatic carbocycles. The van der Waals surface area contributed by atoms with Crippen LogP contribution in [0.1, 0.15) is 11.1 Å². The number of nitroso groups, excluding NO2 is 1. The summed E-state index contributed by atoms with van der Waals surface area (Å²) < 4.78 is 37.2. The third-order valence-corrected chi connectivity index (χ3v) is 2.86. The third-order valence-electron chi connectivity index (χ3n) is 2.86. The average Bonchev–Trinajstić information content (AvgIpc) is 2.46.